The summed E-state index contributed by atoms with van der Waals surface area (Å²) in [5, 5.41) is 18.2. The van der Waals surface area contributed by atoms with E-state index in [0.29, 0.717) is 12.8 Å². The van der Waals surface area contributed by atoms with E-state index in [0.717, 1.165) is 5.56 Å². The van der Waals surface area contributed by atoms with Gasteiger partial charge in [-0.3, -0.25) is 0 Å². The van der Waals surface area contributed by atoms with E-state index >= 15 is 0 Å². The number of rotatable bonds is 1. The van der Waals surface area contributed by atoms with E-state index in [1.807, 2.05) is 0 Å². The zero-order valence-electron chi connectivity index (χ0n) is 7.57. The molecular weight excluding hydrogens is 181 g/mol. The quantitative estimate of drug-likeness (QED) is 0.734. The molecule has 1 aromatic carbocycles. The van der Waals surface area contributed by atoms with Gasteiger partial charge in [-0.2, -0.15) is 5.26 Å². The molecule has 1 fully saturated rings. The Balaban J connectivity index is 2.31. The van der Waals surface area contributed by atoms with Crippen LogP contribution in [0.5, 0.6) is 0 Å². The molecule has 2 rings (SSSR count). The molecule has 0 spiro atoms. The van der Waals surface area contributed by atoms with Crippen LogP contribution in [0.3, 0.4) is 0 Å². The van der Waals surface area contributed by atoms with Gasteiger partial charge >= 0.3 is 0 Å². The predicted molar refractivity (Wildman–Crippen MR) is 48.9 cm³/mol. The summed E-state index contributed by atoms with van der Waals surface area (Å²) in [4.78, 5) is 0. The monoisotopic (exact) mass is 191 g/mol. The number of halogens is 1. The smallest absolute Gasteiger partial charge is 0.123 e. The molecule has 0 bridgehead atoms. The summed E-state index contributed by atoms with van der Waals surface area (Å²) in [6, 6.07) is 8.12. The lowest BCUT2D eigenvalue weighted by atomic mass is 9.64. The summed E-state index contributed by atoms with van der Waals surface area (Å²) in [5.41, 5.74) is 0.208. The van der Waals surface area contributed by atoms with Gasteiger partial charge < -0.3 is 5.11 Å². The molecule has 14 heavy (non-hydrogen) atoms. The highest BCUT2D eigenvalue weighted by Gasteiger charge is 2.45. The molecule has 0 radical (unpaired) electrons. The third kappa shape index (κ3) is 1.28. The molecule has 1 aliphatic carbocycles. The minimum Gasteiger partial charge on any atom is -0.393 e. The first-order chi connectivity index (χ1) is 6.66. The molecule has 0 atom stereocenters. The second-order valence-corrected chi connectivity index (χ2v) is 3.76. The van der Waals surface area contributed by atoms with E-state index in [9.17, 15) is 9.50 Å². The number of aliphatic hydroxyl groups excluding tert-OH is 1. The number of nitrogens with zero attached hydrogens (tertiary/aromatic N) is 1. The lowest BCUT2D eigenvalue weighted by molar-refractivity contribution is 0.0447. The van der Waals surface area contributed by atoms with Gasteiger partial charge in [0.15, 0.2) is 0 Å². The maximum Gasteiger partial charge on any atom is 0.123 e. The molecule has 0 aromatic heterocycles. The Kier molecular flexibility index (Phi) is 2.01. The lowest BCUT2D eigenvalue weighted by Gasteiger charge is -2.40. The summed E-state index contributed by atoms with van der Waals surface area (Å²) in [6.45, 7) is 0. The minimum atomic E-state index is -0.590. The largest absolute Gasteiger partial charge is 0.393 e. The lowest BCUT2D eigenvalue weighted by Crippen LogP contribution is -2.43. The molecule has 72 valence electrons. The van der Waals surface area contributed by atoms with Gasteiger partial charge in [0.05, 0.1) is 17.6 Å². The van der Waals surface area contributed by atoms with E-state index in [1.54, 1.807) is 12.1 Å². The van der Waals surface area contributed by atoms with Gasteiger partial charge in [0.1, 0.15) is 5.82 Å². The van der Waals surface area contributed by atoms with Crippen LogP contribution in [0.15, 0.2) is 24.3 Å². The third-order valence-electron chi connectivity index (χ3n) is 2.78. The second kappa shape index (κ2) is 3.07. The SMILES string of the molecule is N#CC1(c2ccc(F)cc2)CC(O)C1. The second-order valence-electron chi connectivity index (χ2n) is 3.76. The Bertz CT molecular complexity index is 373. The van der Waals surface area contributed by atoms with Crippen molar-refractivity contribution in [1.29, 1.82) is 5.26 Å². The van der Waals surface area contributed by atoms with Crippen LogP contribution in [0.1, 0.15) is 18.4 Å². The number of hydrogen-bond donors (Lipinski definition) is 1. The number of aliphatic hydroxyl groups is 1. The summed E-state index contributed by atoms with van der Waals surface area (Å²) in [6.07, 6.45) is 0.518. The van der Waals surface area contributed by atoms with Crippen molar-refractivity contribution in [2.24, 2.45) is 0 Å². The molecule has 0 aliphatic heterocycles. The van der Waals surface area contributed by atoms with Crippen LogP contribution in [0.4, 0.5) is 4.39 Å². The average Bonchev–Trinajstić information content (AvgIpc) is 2.14. The van der Waals surface area contributed by atoms with Gasteiger partial charge in [-0.1, -0.05) is 12.1 Å². The highest BCUT2D eigenvalue weighted by atomic mass is 19.1. The van der Waals surface area contributed by atoms with Crippen LogP contribution in [0, 0.1) is 17.1 Å². The Labute approximate surface area is 81.6 Å². The highest BCUT2D eigenvalue weighted by Crippen LogP contribution is 2.43. The maximum absolute atomic E-state index is 12.6. The molecule has 1 saturated carbocycles. The Morgan fingerprint density at radius 2 is 1.93 bits per heavy atom. The van der Waals surface area contributed by atoms with Crippen molar-refractivity contribution >= 4 is 0 Å². The number of nitriles is 1. The maximum atomic E-state index is 12.6. The van der Waals surface area contributed by atoms with Gasteiger partial charge in [0, 0.05) is 0 Å². The molecule has 1 N–H and O–H groups in total. The fourth-order valence-electron chi connectivity index (χ4n) is 1.91. The van der Waals surface area contributed by atoms with Crippen molar-refractivity contribution in [2.45, 2.75) is 24.4 Å². The molecule has 0 heterocycles. The third-order valence-corrected chi connectivity index (χ3v) is 2.78. The summed E-state index contributed by atoms with van der Waals surface area (Å²) >= 11 is 0. The van der Waals surface area contributed by atoms with Crippen LogP contribution in [-0.2, 0) is 5.41 Å². The van der Waals surface area contributed by atoms with Crippen LogP contribution < -0.4 is 0 Å². The fourth-order valence-corrected chi connectivity index (χ4v) is 1.91. The Morgan fingerprint density at radius 1 is 1.36 bits per heavy atom. The van der Waals surface area contributed by atoms with Crippen LogP contribution in [0.2, 0.25) is 0 Å². The molecule has 2 nitrogen and oxygen atoms in total. The van der Waals surface area contributed by atoms with E-state index in [1.165, 1.54) is 12.1 Å². The van der Waals surface area contributed by atoms with Gasteiger partial charge in [0.2, 0.25) is 0 Å². The number of benzene rings is 1. The molecule has 1 aromatic rings. The van der Waals surface area contributed by atoms with Crippen molar-refractivity contribution in [3.05, 3.63) is 35.6 Å². The van der Waals surface area contributed by atoms with Crippen LogP contribution >= 0.6 is 0 Å². The fraction of sp³-hybridized carbons (Fsp3) is 0.364. The Hall–Kier alpha value is -1.40. The minimum absolute atomic E-state index is 0.304. The first-order valence-electron chi connectivity index (χ1n) is 4.52. The zero-order valence-corrected chi connectivity index (χ0v) is 7.57. The average molecular weight is 191 g/mol. The van der Waals surface area contributed by atoms with E-state index in [4.69, 9.17) is 5.26 Å². The van der Waals surface area contributed by atoms with Crippen molar-refractivity contribution in [1.82, 2.24) is 0 Å². The summed E-state index contributed by atoms with van der Waals surface area (Å²) in [5.74, 6) is -0.304. The molecule has 0 unspecified atom stereocenters. The zero-order chi connectivity index (χ0) is 10.2. The van der Waals surface area contributed by atoms with E-state index in [2.05, 4.69) is 6.07 Å². The topological polar surface area (TPSA) is 44.0 Å². The van der Waals surface area contributed by atoms with Gasteiger partial charge in [-0.05, 0) is 30.5 Å². The molecule has 0 saturated heterocycles. The van der Waals surface area contributed by atoms with Crippen LogP contribution in [0.25, 0.3) is 0 Å². The molecular formula is C11H10FNO. The standard InChI is InChI=1S/C11H10FNO/c12-9-3-1-8(2-4-9)11(7-13)5-10(14)6-11/h1-4,10,14H,5-6H2. The van der Waals surface area contributed by atoms with Crippen LogP contribution in [-0.4, -0.2) is 11.2 Å². The van der Waals surface area contributed by atoms with Crippen molar-refractivity contribution in [3.63, 3.8) is 0 Å². The van der Waals surface area contributed by atoms with E-state index < -0.39 is 5.41 Å². The predicted octanol–water partition coefficient (Wildman–Crippen LogP) is 1.74. The van der Waals surface area contributed by atoms with Gasteiger partial charge in [-0.15, -0.1) is 0 Å². The van der Waals surface area contributed by atoms with E-state index in [-0.39, 0.29) is 11.9 Å². The Morgan fingerprint density at radius 3 is 2.36 bits per heavy atom. The first-order valence-corrected chi connectivity index (χ1v) is 4.52. The van der Waals surface area contributed by atoms with Gasteiger partial charge in [0.25, 0.3) is 0 Å². The van der Waals surface area contributed by atoms with Crippen molar-refractivity contribution < 1.29 is 9.50 Å². The summed E-state index contributed by atoms with van der Waals surface area (Å²) in [7, 11) is 0. The molecule has 3 heteroatoms. The molecule has 0 amide bonds. The van der Waals surface area contributed by atoms with Crippen molar-refractivity contribution in [2.75, 3.05) is 0 Å². The molecule has 1 aliphatic rings. The van der Waals surface area contributed by atoms with Crippen molar-refractivity contribution in [3.8, 4) is 6.07 Å². The first kappa shape index (κ1) is 9.17. The highest BCUT2D eigenvalue weighted by molar-refractivity contribution is 5.36. The number of hydrogen-bond acceptors (Lipinski definition) is 2. The normalized spacial score (nSPS) is 30.5. The van der Waals surface area contributed by atoms with Gasteiger partial charge in [-0.25, -0.2) is 4.39 Å². The summed E-state index contributed by atoms with van der Waals surface area (Å²) < 4.78 is 12.6.